The van der Waals surface area contributed by atoms with Crippen molar-refractivity contribution in [2.75, 3.05) is 0 Å². The van der Waals surface area contributed by atoms with Crippen molar-refractivity contribution in [1.82, 2.24) is 9.78 Å². The first-order valence-electron chi connectivity index (χ1n) is 3.10. The van der Waals surface area contributed by atoms with Crippen LogP contribution in [-0.4, -0.2) is 9.78 Å². The Morgan fingerprint density at radius 1 is 1.55 bits per heavy atom. The van der Waals surface area contributed by atoms with Crippen molar-refractivity contribution in [2.45, 2.75) is 0 Å². The molecule has 0 radical (unpaired) electrons. The molecule has 0 saturated heterocycles. The standard InChI is InChI=1S/C7H5BrN2O/c8-7-4-6(5-11-7)10-3-1-2-9-10/h1-5H. The Bertz CT molecular complexity index is 339. The molecule has 2 heterocycles. The van der Waals surface area contributed by atoms with E-state index in [0.29, 0.717) is 4.67 Å². The fourth-order valence-corrected chi connectivity index (χ4v) is 1.17. The highest BCUT2D eigenvalue weighted by Gasteiger charge is 1.99. The fraction of sp³-hybridized carbons (Fsp3) is 0. The molecule has 4 heteroatoms. The summed E-state index contributed by atoms with van der Waals surface area (Å²) in [5.41, 5.74) is 0.918. The Balaban J connectivity index is 2.45. The third kappa shape index (κ3) is 1.21. The van der Waals surface area contributed by atoms with E-state index in [1.807, 2.05) is 18.3 Å². The summed E-state index contributed by atoms with van der Waals surface area (Å²) in [6.45, 7) is 0. The van der Waals surface area contributed by atoms with E-state index in [-0.39, 0.29) is 0 Å². The summed E-state index contributed by atoms with van der Waals surface area (Å²) in [5, 5.41) is 4.04. The van der Waals surface area contributed by atoms with Crippen molar-refractivity contribution in [1.29, 1.82) is 0 Å². The molecule has 0 saturated carbocycles. The molecule has 2 aromatic heterocycles. The second kappa shape index (κ2) is 2.54. The topological polar surface area (TPSA) is 31.0 Å². The van der Waals surface area contributed by atoms with Crippen molar-refractivity contribution in [3.63, 3.8) is 0 Å². The van der Waals surface area contributed by atoms with Gasteiger partial charge in [-0.05, 0) is 22.0 Å². The maximum atomic E-state index is 5.04. The molecule has 3 nitrogen and oxygen atoms in total. The summed E-state index contributed by atoms with van der Waals surface area (Å²) < 4.78 is 7.49. The van der Waals surface area contributed by atoms with Crippen LogP contribution >= 0.6 is 15.9 Å². The quantitative estimate of drug-likeness (QED) is 0.727. The number of halogens is 1. The van der Waals surface area contributed by atoms with Gasteiger partial charge in [0.05, 0.1) is 0 Å². The number of hydrogen-bond acceptors (Lipinski definition) is 2. The van der Waals surface area contributed by atoms with Crippen LogP contribution in [0.3, 0.4) is 0 Å². The van der Waals surface area contributed by atoms with Gasteiger partial charge in [0.25, 0.3) is 0 Å². The largest absolute Gasteiger partial charge is 0.455 e. The molecule has 2 rings (SSSR count). The number of hydrogen-bond donors (Lipinski definition) is 0. The highest BCUT2D eigenvalue weighted by Crippen LogP contribution is 2.16. The molecule has 0 atom stereocenters. The fourth-order valence-electron chi connectivity index (χ4n) is 0.843. The van der Waals surface area contributed by atoms with Crippen LogP contribution in [0.1, 0.15) is 0 Å². The summed E-state index contributed by atoms with van der Waals surface area (Å²) in [7, 11) is 0. The molecular weight excluding hydrogens is 208 g/mol. The van der Waals surface area contributed by atoms with E-state index >= 15 is 0 Å². The van der Waals surface area contributed by atoms with Gasteiger partial charge >= 0.3 is 0 Å². The molecule has 0 spiro atoms. The molecular formula is C7H5BrN2O. The Morgan fingerprint density at radius 2 is 2.45 bits per heavy atom. The zero-order chi connectivity index (χ0) is 7.68. The zero-order valence-corrected chi connectivity index (χ0v) is 7.15. The summed E-state index contributed by atoms with van der Waals surface area (Å²) in [4.78, 5) is 0. The van der Waals surface area contributed by atoms with Crippen LogP contribution in [0.4, 0.5) is 0 Å². The first-order valence-corrected chi connectivity index (χ1v) is 3.89. The van der Waals surface area contributed by atoms with Gasteiger partial charge in [-0.3, -0.25) is 0 Å². The molecule has 0 aliphatic rings. The first-order chi connectivity index (χ1) is 5.36. The van der Waals surface area contributed by atoms with Crippen molar-refractivity contribution >= 4 is 15.9 Å². The molecule has 0 fully saturated rings. The average Bonchev–Trinajstić information content (AvgIpc) is 2.55. The van der Waals surface area contributed by atoms with Crippen molar-refractivity contribution < 1.29 is 4.42 Å². The van der Waals surface area contributed by atoms with Gasteiger partial charge in [0, 0.05) is 18.5 Å². The molecule has 0 aliphatic carbocycles. The van der Waals surface area contributed by atoms with Crippen LogP contribution in [0.5, 0.6) is 0 Å². The van der Waals surface area contributed by atoms with Gasteiger partial charge < -0.3 is 4.42 Å². The lowest BCUT2D eigenvalue weighted by atomic mass is 10.5. The van der Waals surface area contributed by atoms with E-state index in [9.17, 15) is 0 Å². The van der Waals surface area contributed by atoms with Gasteiger partial charge in [0.1, 0.15) is 12.0 Å². The SMILES string of the molecule is Brc1cc(-n2cccn2)co1. The monoisotopic (exact) mass is 212 g/mol. The lowest BCUT2D eigenvalue weighted by Crippen LogP contribution is -1.89. The predicted molar refractivity (Wildman–Crippen MR) is 43.5 cm³/mol. The Labute approximate surface area is 71.8 Å². The number of aromatic nitrogens is 2. The van der Waals surface area contributed by atoms with Crippen LogP contribution in [0.25, 0.3) is 5.69 Å². The van der Waals surface area contributed by atoms with Crippen molar-refractivity contribution in [2.24, 2.45) is 0 Å². The van der Waals surface area contributed by atoms with Gasteiger partial charge in [-0.15, -0.1) is 0 Å². The van der Waals surface area contributed by atoms with Crippen LogP contribution in [-0.2, 0) is 0 Å². The molecule has 0 N–H and O–H groups in total. The van der Waals surface area contributed by atoms with E-state index in [4.69, 9.17) is 4.42 Å². The Morgan fingerprint density at radius 3 is 3.00 bits per heavy atom. The van der Waals surface area contributed by atoms with Gasteiger partial charge in [-0.2, -0.15) is 5.10 Å². The minimum atomic E-state index is 0.711. The van der Waals surface area contributed by atoms with Crippen LogP contribution in [0, 0.1) is 0 Å². The molecule has 0 unspecified atom stereocenters. The second-order valence-corrected chi connectivity index (χ2v) is 2.84. The van der Waals surface area contributed by atoms with Crippen LogP contribution in [0.15, 0.2) is 39.9 Å². The molecule has 56 valence electrons. The molecule has 11 heavy (non-hydrogen) atoms. The highest BCUT2D eigenvalue weighted by molar-refractivity contribution is 9.10. The van der Waals surface area contributed by atoms with Gasteiger partial charge in [0.2, 0.25) is 0 Å². The second-order valence-electron chi connectivity index (χ2n) is 2.06. The minimum absolute atomic E-state index is 0.711. The van der Waals surface area contributed by atoms with E-state index in [0.717, 1.165) is 5.69 Å². The summed E-state index contributed by atoms with van der Waals surface area (Å²) in [5.74, 6) is 0. The lowest BCUT2D eigenvalue weighted by molar-refractivity contribution is 0.539. The third-order valence-corrected chi connectivity index (χ3v) is 1.74. The molecule has 0 aliphatic heterocycles. The van der Waals surface area contributed by atoms with E-state index < -0.39 is 0 Å². The average molecular weight is 213 g/mol. The maximum absolute atomic E-state index is 5.04. The van der Waals surface area contributed by atoms with Crippen molar-refractivity contribution in [3.05, 3.63) is 35.5 Å². The number of nitrogens with zero attached hydrogens (tertiary/aromatic N) is 2. The molecule has 2 aromatic rings. The number of rotatable bonds is 1. The third-order valence-electron chi connectivity index (χ3n) is 1.32. The van der Waals surface area contributed by atoms with Crippen LogP contribution < -0.4 is 0 Å². The Kier molecular flexibility index (Phi) is 1.54. The first kappa shape index (κ1) is 6.67. The smallest absolute Gasteiger partial charge is 0.171 e. The highest BCUT2D eigenvalue weighted by atomic mass is 79.9. The van der Waals surface area contributed by atoms with E-state index in [2.05, 4.69) is 21.0 Å². The van der Waals surface area contributed by atoms with Gasteiger partial charge in [-0.25, -0.2) is 4.68 Å². The summed E-state index contributed by atoms with van der Waals surface area (Å²) in [6, 6.07) is 3.72. The van der Waals surface area contributed by atoms with Crippen LogP contribution in [0.2, 0.25) is 0 Å². The van der Waals surface area contributed by atoms with E-state index in [1.165, 1.54) is 0 Å². The maximum Gasteiger partial charge on any atom is 0.171 e. The summed E-state index contributed by atoms with van der Waals surface area (Å²) >= 11 is 3.21. The summed E-state index contributed by atoms with van der Waals surface area (Å²) in [6.07, 6.45) is 5.22. The zero-order valence-electron chi connectivity index (χ0n) is 5.57. The molecule has 0 aromatic carbocycles. The lowest BCUT2D eigenvalue weighted by Gasteiger charge is -1.90. The predicted octanol–water partition coefficient (Wildman–Crippen LogP) is 2.23. The molecule has 0 amide bonds. The van der Waals surface area contributed by atoms with Crippen molar-refractivity contribution in [3.8, 4) is 5.69 Å². The van der Waals surface area contributed by atoms with E-state index in [1.54, 1.807) is 17.1 Å². The number of furan rings is 1. The van der Waals surface area contributed by atoms with Gasteiger partial charge in [-0.1, -0.05) is 0 Å². The molecule has 0 bridgehead atoms. The Hall–Kier alpha value is -1.03. The van der Waals surface area contributed by atoms with Gasteiger partial charge in [0.15, 0.2) is 4.67 Å². The minimum Gasteiger partial charge on any atom is -0.455 e. The normalized spacial score (nSPS) is 10.3.